The highest BCUT2D eigenvalue weighted by Crippen LogP contribution is 2.19. The van der Waals surface area contributed by atoms with Gasteiger partial charge in [-0.05, 0) is 34.6 Å². The molecular weight excluding hydrogens is 314 g/mol. The second-order valence-corrected chi connectivity index (χ2v) is 6.24. The van der Waals surface area contributed by atoms with Crippen LogP contribution in [0, 0.1) is 27.7 Å². The predicted molar refractivity (Wildman–Crippen MR) is 90.6 cm³/mol. The van der Waals surface area contributed by atoms with Crippen LogP contribution in [-0.2, 0) is 24.4 Å². The maximum Gasteiger partial charge on any atom is 0.244 e. The van der Waals surface area contributed by atoms with Gasteiger partial charge in [-0.3, -0.25) is 14.2 Å². The lowest BCUT2D eigenvalue weighted by molar-refractivity contribution is -0.131. The summed E-state index contributed by atoms with van der Waals surface area (Å²) in [5, 5.41) is 9.43. The van der Waals surface area contributed by atoms with E-state index in [4.69, 9.17) is 11.6 Å². The van der Waals surface area contributed by atoms with Crippen molar-refractivity contribution in [3.63, 3.8) is 0 Å². The monoisotopic (exact) mass is 337 g/mol. The standard InChI is InChI=1S/C16H24ClN5O/c1-7-21-12(4)14(10(2)18-21)8-20(6)15(23)9-22-13(5)16(17)11(3)19-22/h7-9H2,1-6H3. The molecule has 0 aromatic carbocycles. The average molecular weight is 338 g/mol. The van der Waals surface area contributed by atoms with Crippen molar-refractivity contribution in [3.05, 3.63) is 33.4 Å². The third-order valence-electron chi connectivity index (χ3n) is 4.23. The summed E-state index contributed by atoms with van der Waals surface area (Å²) in [6.45, 7) is 11.4. The summed E-state index contributed by atoms with van der Waals surface area (Å²) in [6.07, 6.45) is 0. The van der Waals surface area contributed by atoms with Crippen LogP contribution in [0.2, 0.25) is 5.02 Å². The smallest absolute Gasteiger partial charge is 0.244 e. The van der Waals surface area contributed by atoms with Gasteiger partial charge in [-0.2, -0.15) is 10.2 Å². The van der Waals surface area contributed by atoms with Gasteiger partial charge in [-0.25, -0.2) is 0 Å². The van der Waals surface area contributed by atoms with Gasteiger partial charge in [-0.1, -0.05) is 11.6 Å². The van der Waals surface area contributed by atoms with E-state index in [1.165, 1.54) is 0 Å². The molecule has 0 N–H and O–H groups in total. The third-order valence-corrected chi connectivity index (χ3v) is 4.78. The van der Waals surface area contributed by atoms with Gasteiger partial charge in [0.05, 0.1) is 22.1 Å². The fraction of sp³-hybridized carbons (Fsp3) is 0.562. The lowest BCUT2D eigenvalue weighted by Crippen LogP contribution is -2.30. The molecule has 0 saturated carbocycles. The maximum absolute atomic E-state index is 12.5. The topological polar surface area (TPSA) is 56.0 Å². The first-order valence-corrected chi connectivity index (χ1v) is 8.10. The number of nitrogens with zero attached hydrogens (tertiary/aromatic N) is 5. The zero-order chi connectivity index (χ0) is 17.3. The van der Waals surface area contributed by atoms with Gasteiger partial charge in [0.1, 0.15) is 6.54 Å². The van der Waals surface area contributed by atoms with Crippen LogP contribution in [0.25, 0.3) is 0 Å². The van der Waals surface area contributed by atoms with Gasteiger partial charge in [0.2, 0.25) is 5.91 Å². The van der Waals surface area contributed by atoms with Crippen LogP contribution in [0.5, 0.6) is 0 Å². The highest BCUT2D eigenvalue weighted by molar-refractivity contribution is 6.31. The van der Waals surface area contributed by atoms with Crippen molar-refractivity contribution in [1.82, 2.24) is 24.5 Å². The fourth-order valence-electron chi connectivity index (χ4n) is 2.67. The van der Waals surface area contributed by atoms with Crippen LogP contribution in [0.1, 0.15) is 35.3 Å². The van der Waals surface area contributed by atoms with E-state index in [1.807, 2.05) is 32.4 Å². The Kier molecular flexibility index (Phi) is 5.14. The Morgan fingerprint density at radius 1 is 1.09 bits per heavy atom. The predicted octanol–water partition coefficient (Wildman–Crippen LogP) is 2.65. The zero-order valence-electron chi connectivity index (χ0n) is 14.6. The van der Waals surface area contributed by atoms with Gasteiger partial charge in [-0.15, -0.1) is 0 Å². The van der Waals surface area contributed by atoms with Crippen molar-refractivity contribution < 1.29 is 4.79 Å². The first-order valence-electron chi connectivity index (χ1n) is 7.72. The van der Waals surface area contributed by atoms with Gasteiger partial charge in [0.25, 0.3) is 0 Å². The number of aryl methyl sites for hydroxylation is 3. The normalized spacial score (nSPS) is 11.1. The lowest BCUT2D eigenvalue weighted by atomic mass is 10.2. The number of aromatic nitrogens is 4. The van der Waals surface area contributed by atoms with Crippen LogP contribution in [0.15, 0.2) is 0 Å². The summed E-state index contributed by atoms with van der Waals surface area (Å²) < 4.78 is 3.62. The summed E-state index contributed by atoms with van der Waals surface area (Å²) >= 11 is 6.13. The fourth-order valence-corrected chi connectivity index (χ4v) is 2.81. The SMILES string of the molecule is CCn1nc(C)c(CN(C)C(=O)Cn2nc(C)c(Cl)c2C)c1C. The Labute approximate surface area is 142 Å². The maximum atomic E-state index is 12.5. The molecule has 0 fully saturated rings. The van der Waals surface area contributed by atoms with Crippen molar-refractivity contribution in [2.45, 2.75) is 54.3 Å². The molecule has 6 nitrogen and oxygen atoms in total. The Morgan fingerprint density at radius 2 is 1.70 bits per heavy atom. The summed E-state index contributed by atoms with van der Waals surface area (Å²) in [4.78, 5) is 14.2. The number of hydrogen-bond acceptors (Lipinski definition) is 3. The number of halogens is 1. The molecule has 0 radical (unpaired) electrons. The van der Waals surface area contributed by atoms with Crippen LogP contribution in [-0.4, -0.2) is 37.4 Å². The molecule has 0 aliphatic heterocycles. The number of carbonyl (C=O) groups is 1. The first kappa shape index (κ1) is 17.5. The van der Waals surface area contributed by atoms with E-state index in [1.54, 1.807) is 16.6 Å². The van der Waals surface area contributed by atoms with Crippen molar-refractivity contribution in [2.75, 3.05) is 7.05 Å². The molecule has 2 rings (SSSR count). The molecule has 0 unspecified atom stereocenters. The summed E-state index contributed by atoms with van der Waals surface area (Å²) in [7, 11) is 1.80. The van der Waals surface area contributed by atoms with Gasteiger partial charge in [0.15, 0.2) is 0 Å². The minimum absolute atomic E-state index is 0.00434. The molecule has 1 amide bonds. The van der Waals surface area contributed by atoms with E-state index in [0.29, 0.717) is 11.6 Å². The number of rotatable bonds is 5. The molecular formula is C16H24ClN5O. The second kappa shape index (κ2) is 6.74. The van der Waals surface area contributed by atoms with Crippen molar-refractivity contribution in [3.8, 4) is 0 Å². The molecule has 2 aromatic heterocycles. The van der Waals surface area contributed by atoms with Crippen molar-refractivity contribution in [1.29, 1.82) is 0 Å². The van der Waals surface area contributed by atoms with Crippen LogP contribution < -0.4 is 0 Å². The van der Waals surface area contributed by atoms with Crippen molar-refractivity contribution >= 4 is 17.5 Å². The van der Waals surface area contributed by atoms with E-state index in [2.05, 4.69) is 17.1 Å². The molecule has 2 heterocycles. The largest absolute Gasteiger partial charge is 0.340 e. The molecule has 0 spiro atoms. The van der Waals surface area contributed by atoms with Crippen LogP contribution in [0.3, 0.4) is 0 Å². The Hall–Kier alpha value is -1.82. The summed E-state index contributed by atoms with van der Waals surface area (Å²) in [5.74, 6) is -0.00434. The molecule has 126 valence electrons. The molecule has 0 saturated heterocycles. The van der Waals surface area contributed by atoms with E-state index in [-0.39, 0.29) is 12.5 Å². The quantitative estimate of drug-likeness (QED) is 0.842. The number of likely N-dealkylation sites (N-methyl/N-ethyl adjacent to an activating group) is 1. The minimum atomic E-state index is -0.00434. The van der Waals surface area contributed by atoms with E-state index in [9.17, 15) is 4.79 Å². The molecule has 0 aliphatic carbocycles. The minimum Gasteiger partial charge on any atom is -0.340 e. The Bertz CT molecular complexity index is 731. The number of hydrogen-bond donors (Lipinski definition) is 0. The molecule has 0 atom stereocenters. The number of amides is 1. The molecule has 2 aromatic rings. The number of carbonyl (C=O) groups excluding carboxylic acids is 1. The summed E-state index contributed by atoms with van der Waals surface area (Å²) in [6, 6.07) is 0. The van der Waals surface area contributed by atoms with E-state index < -0.39 is 0 Å². The highest BCUT2D eigenvalue weighted by Gasteiger charge is 2.18. The molecule has 7 heteroatoms. The molecule has 23 heavy (non-hydrogen) atoms. The second-order valence-electron chi connectivity index (χ2n) is 5.86. The molecule has 0 aliphatic rings. The Balaban J connectivity index is 2.11. The zero-order valence-corrected chi connectivity index (χ0v) is 15.4. The van der Waals surface area contributed by atoms with E-state index >= 15 is 0 Å². The van der Waals surface area contributed by atoms with Gasteiger partial charge < -0.3 is 4.90 Å². The van der Waals surface area contributed by atoms with Crippen molar-refractivity contribution in [2.24, 2.45) is 0 Å². The van der Waals surface area contributed by atoms with Gasteiger partial charge in [0, 0.05) is 31.4 Å². The Morgan fingerprint density at radius 3 is 2.17 bits per heavy atom. The highest BCUT2D eigenvalue weighted by atomic mass is 35.5. The summed E-state index contributed by atoms with van der Waals surface area (Å²) in [5.41, 5.74) is 4.75. The van der Waals surface area contributed by atoms with Crippen LogP contribution in [0.4, 0.5) is 0 Å². The lowest BCUT2D eigenvalue weighted by Gasteiger charge is -2.18. The third kappa shape index (κ3) is 3.42. The van der Waals surface area contributed by atoms with Gasteiger partial charge >= 0.3 is 0 Å². The molecule has 0 bridgehead atoms. The average Bonchev–Trinajstić information content (AvgIpc) is 2.91. The first-order chi connectivity index (χ1) is 10.8. The van der Waals surface area contributed by atoms with Crippen LogP contribution >= 0.6 is 11.6 Å². The van der Waals surface area contributed by atoms with E-state index in [0.717, 1.165) is 34.9 Å².